The van der Waals surface area contributed by atoms with E-state index in [1.165, 1.54) is 0 Å². The van der Waals surface area contributed by atoms with Crippen LogP contribution in [0.4, 0.5) is 0 Å². The Kier molecular flexibility index (Phi) is 9.05. The van der Waals surface area contributed by atoms with E-state index in [1.54, 1.807) is 18.0 Å². The standard InChI is InChI=1S/C19H29NO5S/c21-16(14-17-5-2-11-25-17)9-8-15-4-1-6-18(22)20(15)10-13-26-12-3-7-19(23)24/h2,5,11,15-16,21H,1,3-4,6-10,12-14H2,(H,23,24)/t15-,16?/m1/s1. The predicted octanol–water partition coefficient (Wildman–Crippen LogP) is 2.94. The Morgan fingerprint density at radius 3 is 3.00 bits per heavy atom. The molecule has 6 nitrogen and oxygen atoms in total. The third kappa shape index (κ3) is 7.41. The number of amides is 1. The monoisotopic (exact) mass is 383 g/mol. The minimum absolute atomic E-state index is 0.196. The lowest BCUT2D eigenvalue weighted by molar-refractivity contribution is -0.137. The van der Waals surface area contributed by atoms with E-state index >= 15 is 0 Å². The molecule has 1 amide bonds. The number of piperidine rings is 1. The van der Waals surface area contributed by atoms with Crippen molar-refractivity contribution in [2.24, 2.45) is 0 Å². The first-order valence-electron chi connectivity index (χ1n) is 9.35. The van der Waals surface area contributed by atoms with Gasteiger partial charge in [-0.1, -0.05) is 0 Å². The van der Waals surface area contributed by atoms with Gasteiger partial charge in [-0.05, 0) is 50.0 Å². The molecule has 7 heteroatoms. The fourth-order valence-electron chi connectivity index (χ4n) is 3.34. The Hall–Kier alpha value is -1.47. The van der Waals surface area contributed by atoms with Crippen molar-refractivity contribution in [2.45, 2.75) is 63.5 Å². The first kappa shape index (κ1) is 20.8. The van der Waals surface area contributed by atoms with Crippen LogP contribution < -0.4 is 0 Å². The van der Waals surface area contributed by atoms with Gasteiger partial charge >= 0.3 is 5.97 Å². The molecule has 1 saturated heterocycles. The number of aliphatic hydroxyl groups excluding tert-OH is 1. The van der Waals surface area contributed by atoms with Gasteiger partial charge < -0.3 is 19.5 Å². The molecule has 1 aromatic heterocycles. The number of aliphatic carboxylic acids is 1. The summed E-state index contributed by atoms with van der Waals surface area (Å²) >= 11 is 1.70. The number of thioether (sulfide) groups is 1. The maximum Gasteiger partial charge on any atom is 0.303 e. The van der Waals surface area contributed by atoms with Gasteiger partial charge in [-0.2, -0.15) is 11.8 Å². The molecule has 0 aromatic carbocycles. The van der Waals surface area contributed by atoms with Gasteiger partial charge in [0.2, 0.25) is 5.91 Å². The van der Waals surface area contributed by atoms with Crippen molar-refractivity contribution in [1.29, 1.82) is 0 Å². The number of carbonyl (C=O) groups is 2. The molecule has 0 bridgehead atoms. The van der Waals surface area contributed by atoms with Gasteiger partial charge in [-0.3, -0.25) is 9.59 Å². The van der Waals surface area contributed by atoms with Crippen molar-refractivity contribution < 1.29 is 24.2 Å². The second-order valence-corrected chi connectivity index (χ2v) is 7.98. The molecule has 1 unspecified atom stereocenters. The van der Waals surface area contributed by atoms with Gasteiger partial charge in [0.05, 0.1) is 12.4 Å². The highest BCUT2D eigenvalue weighted by molar-refractivity contribution is 7.99. The molecule has 2 heterocycles. The fourth-order valence-corrected chi connectivity index (χ4v) is 4.22. The van der Waals surface area contributed by atoms with Crippen LogP contribution in [0.15, 0.2) is 22.8 Å². The molecular weight excluding hydrogens is 354 g/mol. The van der Waals surface area contributed by atoms with Crippen LogP contribution >= 0.6 is 11.8 Å². The SMILES string of the molecule is O=C(O)CCCSCCN1C(=O)CCC[C@@H]1CCC(O)Cc1ccco1. The maximum absolute atomic E-state index is 12.3. The summed E-state index contributed by atoms with van der Waals surface area (Å²) in [5, 5.41) is 18.8. The lowest BCUT2D eigenvalue weighted by atomic mass is 9.95. The lowest BCUT2D eigenvalue weighted by Gasteiger charge is -2.36. The molecule has 26 heavy (non-hydrogen) atoms. The number of hydrogen-bond acceptors (Lipinski definition) is 5. The molecule has 1 fully saturated rings. The highest BCUT2D eigenvalue weighted by Gasteiger charge is 2.27. The molecule has 1 aromatic rings. The van der Waals surface area contributed by atoms with E-state index in [-0.39, 0.29) is 18.4 Å². The van der Waals surface area contributed by atoms with Crippen LogP contribution in [-0.2, 0) is 16.0 Å². The normalized spacial score (nSPS) is 18.9. The largest absolute Gasteiger partial charge is 0.481 e. The summed E-state index contributed by atoms with van der Waals surface area (Å²) in [6.07, 6.45) is 6.49. The minimum Gasteiger partial charge on any atom is -0.481 e. The van der Waals surface area contributed by atoms with E-state index in [4.69, 9.17) is 9.52 Å². The van der Waals surface area contributed by atoms with Crippen molar-refractivity contribution in [2.75, 3.05) is 18.1 Å². The molecule has 0 aliphatic carbocycles. The summed E-state index contributed by atoms with van der Waals surface area (Å²) in [5.74, 6) is 1.86. The van der Waals surface area contributed by atoms with Gasteiger partial charge in [0, 0.05) is 37.6 Å². The first-order chi connectivity index (χ1) is 12.6. The van der Waals surface area contributed by atoms with E-state index in [9.17, 15) is 14.7 Å². The van der Waals surface area contributed by atoms with E-state index < -0.39 is 12.1 Å². The smallest absolute Gasteiger partial charge is 0.303 e. The van der Waals surface area contributed by atoms with Crippen LogP contribution in [0, 0.1) is 0 Å². The second-order valence-electron chi connectivity index (χ2n) is 6.76. The van der Waals surface area contributed by atoms with Gasteiger partial charge in [0.15, 0.2) is 0 Å². The van der Waals surface area contributed by atoms with Crippen molar-refractivity contribution in [3.8, 4) is 0 Å². The zero-order valence-electron chi connectivity index (χ0n) is 15.1. The average molecular weight is 384 g/mol. The van der Waals surface area contributed by atoms with E-state index in [0.29, 0.717) is 32.2 Å². The summed E-state index contributed by atoms with van der Waals surface area (Å²) in [6, 6.07) is 3.88. The van der Waals surface area contributed by atoms with Crippen LogP contribution in [0.25, 0.3) is 0 Å². The van der Waals surface area contributed by atoms with Gasteiger partial charge in [0.25, 0.3) is 0 Å². The molecule has 146 valence electrons. The number of hydrogen-bond donors (Lipinski definition) is 2. The number of nitrogens with zero attached hydrogens (tertiary/aromatic N) is 1. The molecule has 0 radical (unpaired) electrons. The number of rotatable bonds is 12. The van der Waals surface area contributed by atoms with Crippen LogP contribution in [0.1, 0.15) is 50.7 Å². The topological polar surface area (TPSA) is 91.0 Å². The van der Waals surface area contributed by atoms with E-state index in [0.717, 1.165) is 36.5 Å². The quantitative estimate of drug-likeness (QED) is 0.539. The Morgan fingerprint density at radius 2 is 2.27 bits per heavy atom. The number of carbonyl (C=O) groups excluding carboxylic acids is 1. The Balaban J connectivity index is 1.70. The number of likely N-dealkylation sites (tertiary alicyclic amines) is 1. The number of carboxylic acid groups (broad SMARTS) is 1. The third-order valence-electron chi connectivity index (χ3n) is 4.69. The molecule has 2 N–H and O–H groups in total. The first-order valence-corrected chi connectivity index (χ1v) is 10.5. The maximum atomic E-state index is 12.3. The molecule has 2 atom stereocenters. The highest BCUT2D eigenvalue weighted by atomic mass is 32.2. The van der Waals surface area contributed by atoms with E-state index in [2.05, 4.69) is 0 Å². The van der Waals surface area contributed by atoms with Gasteiger partial charge in [-0.25, -0.2) is 0 Å². The van der Waals surface area contributed by atoms with Gasteiger partial charge in [0.1, 0.15) is 5.76 Å². The summed E-state index contributed by atoms with van der Waals surface area (Å²) in [5.41, 5.74) is 0. The molecule has 0 spiro atoms. The number of carboxylic acids is 1. The third-order valence-corrected chi connectivity index (χ3v) is 5.74. The Bertz CT molecular complexity index is 548. The molecular formula is C19H29NO5S. The zero-order valence-corrected chi connectivity index (χ0v) is 16.0. The summed E-state index contributed by atoms with van der Waals surface area (Å²) < 4.78 is 5.27. The molecule has 0 saturated carbocycles. The lowest BCUT2D eigenvalue weighted by Crippen LogP contribution is -2.45. The minimum atomic E-state index is -0.759. The van der Waals surface area contributed by atoms with Gasteiger partial charge in [-0.15, -0.1) is 0 Å². The van der Waals surface area contributed by atoms with Crippen LogP contribution in [0.3, 0.4) is 0 Å². The van der Waals surface area contributed by atoms with Crippen molar-refractivity contribution in [3.05, 3.63) is 24.2 Å². The Labute approximate surface area is 158 Å². The second kappa shape index (κ2) is 11.3. The number of aliphatic hydroxyl groups is 1. The predicted molar refractivity (Wildman–Crippen MR) is 101 cm³/mol. The number of furan rings is 1. The molecule has 1 aliphatic heterocycles. The van der Waals surface area contributed by atoms with Crippen molar-refractivity contribution in [3.63, 3.8) is 0 Å². The Morgan fingerprint density at radius 1 is 1.42 bits per heavy atom. The van der Waals surface area contributed by atoms with Crippen molar-refractivity contribution >= 4 is 23.6 Å². The molecule has 2 rings (SSSR count). The fraction of sp³-hybridized carbons (Fsp3) is 0.684. The van der Waals surface area contributed by atoms with E-state index in [1.807, 2.05) is 17.0 Å². The van der Waals surface area contributed by atoms with Crippen LogP contribution in [-0.4, -0.2) is 57.2 Å². The van der Waals surface area contributed by atoms with Crippen molar-refractivity contribution in [1.82, 2.24) is 4.90 Å². The highest BCUT2D eigenvalue weighted by Crippen LogP contribution is 2.23. The summed E-state index contributed by atoms with van der Waals surface area (Å²) in [4.78, 5) is 24.7. The van der Waals surface area contributed by atoms with Crippen LogP contribution in [0.2, 0.25) is 0 Å². The summed E-state index contributed by atoms with van der Waals surface area (Å²) in [7, 11) is 0. The van der Waals surface area contributed by atoms with Crippen LogP contribution in [0.5, 0.6) is 0 Å². The average Bonchev–Trinajstić information content (AvgIpc) is 3.10. The zero-order chi connectivity index (χ0) is 18.8. The molecule has 1 aliphatic rings. The summed E-state index contributed by atoms with van der Waals surface area (Å²) in [6.45, 7) is 0.704.